The second kappa shape index (κ2) is 7.12. The molecule has 1 aromatic heterocycles. The number of ether oxygens (including phenoxy) is 2. The van der Waals surface area contributed by atoms with Gasteiger partial charge in [-0.1, -0.05) is 30.3 Å². The molecule has 0 bridgehead atoms. The number of aromatic nitrogens is 1. The van der Waals surface area contributed by atoms with Crippen LogP contribution in [0.4, 0.5) is 10.5 Å². The summed E-state index contributed by atoms with van der Waals surface area (Å²) in [5, 5.41) is 11.2. The number of pyridine rings is 1. The SMILES string of the molecule is COC(=O)Oc1cc(-c2ccccc2)c(=O)n2c1-c1cc([N+](=O)[O-])ccc1CN2. The normalized spacial score (nSPS) is 11.6. The lowest BCUT2D eigenvalue weighted by Crippen LogP contribution is -2.34. The van der Waals surface area contributed by atoms with Crippen molar-refractivity contribution in [3.05, 3.63) is 80.6 Å². The van der Waals surface area contributed by atoms with Gasteiger partial charge in [0.15, 0.2) is 5.75 Å². The number of methoxy groups -OCH3 is 1. The smallest absolute Gasteiger partial charge is 0.437 e. The van der Waals surface area contributed by atoms with Crippen molar-refractivity contribution >= 4 is 11.8 Å². The van der Waals surface area contributed by atoms with Crippen LogP contribution in [0.2, 0.25) is 0 Å². The molecule has 0 saturated heterocycles. The molecule has 0 unspecified atom stereocenters. The molecule has 0 radical (unpaired) electrons. The van der Waals surface area contributed by atoms with Crippen LogP contribution in [0.3, 0.4) is 0 Å². The van der Waals surface area contributed by atoms with Crippen LogP contribution in [0.5, 0.6) is 5.75 Å². The third-order valence-corrected chi connectivity index (χ3v) is 4.60. The van der Waals surface area contributed by atoms with Gasteiger partial charge in [-0.3, -0.25) is 14.9 Å². The number of nitrogens with one attached hydrogen (secondary N) is 1. The highest BCUT2D eigenvalue weighted by Gasteiger charge is 2.27. The van der Waals surface area contributed by atoms with E-state index in [2.05, 4.69) is 10.2 Å². The largest absolute Gasteiger partial charge is 0.513 e. The average Bonchev–Trinajstić information content (AvgIpc) is 2.75. The summed E-state index contributed by atoms with van der Waals surface area (Å²) in [5.41, 5.74) is 4.76. The quantitative estimate of drug-likeness (QED) is 0.413. The number of nitro benzene ring substituents is 1. The molecule has 4 rings (SSSR count). The maximum atomic E-state index is 13.1. The van der Waals surface area contributed by atoms with Crippen molar-refractivity contribution in [1.29, 1.82) is 0 Å². The highest BCUT2D eigenvalue weighted by molar-refractivity contribution is 5.80. The molecule has 29 heavy (non-hydrogen) atoms. The number of benzene rings is 2. The second-order valence-electron chi connectivity index (χ2n) is 6.27. The lowest BCUT2D eigenvalue weighted by Gasteiger charge is -2.25. The molecule has 1 aliphatic rings. The first-order valence-electron chi connectivity index (χ1n) is 8.62. The Hall–Kier alpha value is -4.14. The Bertz CT molecular complexity index is 1190. The third kappa shape index (κ3) is 3.18. The molecular weight excluding hydrogens is 378 g/mol. The van der Waals surface area contributed by atoms with E-state index < -0.39 is 11.1 Å². The molecule has 2 heterocycles. The number of carbonyl (C=O) groups is 1. The van der Waals surface area contributed by atoms with E-state index >= 15 is 0 Å². The maximum Gasteiger partial charge on any atom is 0.513 e. The summed E-state index contributed by atoms with van der Waals surface area (Å²) in [4.78, 5) is 35.7. The summed E-state index contributed by atoms with van der Waals surface area (Å²) in [6.07, 6.45) is -0.969. The molecule has 3 aromatic rings. The zero-order chi connectivity index (χ0) is 20.5. The average molecular weight is 393 g/mol. The van der Waals surface area contributed by atoms with E-state index in [1.54, 1.807) is 30.3 Å². The van der Waals surface area contributed by atoms with Crippen LogP contribution < -0.4 is 15.7 Å². The van der Waals surface area contributed by atoms with Crippen molar-refractivity contribution in [3.63, 3.8) is 0 Å². The van der Waals surface area contributed by atoms with Gasteiger partial charge in [0.1, 0.15) is 5.69 Å². The standard InChI is InChI=1S/C20H15N3O6/c1-28-20(25)29-17-10-16(12-5-3-2-4-6-12)19(24)22-18(17)15-9-14(23(26)27)8-7-13(15)11-21-22/h2-10,21H,11H2,1H3. The third-order valence-electron chi connectivity index (χ3n) is 4.60. The second-order valence-corrected chi connectivity index (χ2v) is 6.27. The van der Waals surface area contributed by atoms with Crippen molar-refractivity contribution in [3.8, 4) is 28.1 Å². The summed E-state index contributed by atoms with van der Waals surface area (Å²) in [6, 6.07) is 14.7. The topological polar surface area (TPSA) is 113 Å². The fraction of sp³-hybridized carbons (Fsp3) is 0.100. The minimum Gasteiger partial charge on any atom is -0.437 e. The van der Waals surface area contributed by atoms with E-state index in [1.807, 2.05) is 6.07 Å². The van der Waals surface area contributed by atoms with Gasteiger partial charge in [-0.05, 0) is 23.3 Å². The Labute approximate surface area is 164 Å². The van der Waals surface area contributed by atoms with E-state index in [1.165, 1.54) is 30.0 Å². The van der Waals surface area contributed by atoms with Crippen molar-refractivity contribution in [1.82, 2.24) is 4.68 Å². The van der Waals surface area contributed by atoms with Crippen LogP contribution in [0.25, 0.3) is 22.4 Å². The van der Waals surface area contributed by atoms with Crippen LogP contribution in [0.1, 0.15) is 5.56 Å². The molecule has 0 spiro atoms. The molecule has 0 atom stereocenters. The van der Waals surface area contributed by atoms with E-state index in [-0.39, 0.29) is 29.2 Å². The van der Waals surface area contributed by atoms with E-state index in [0.29, 0.717) is 16.7 Å². The van der Waals surface area contributed by atoms with Gasteiger partial charge in [0, 0.05) is 17.7 Å². The van der Waals surface area contributed by atoms with Gasteiger partial charge in [0.25, 0.3) is 11.2 Å². The van der Waals surface area contributed by atoms with Crippen LogP contribution in [0.15, 0.2) is 59.4 Å². The van der Waals surface area contributed by atoms with Crippen molar-refractivity contribution in [2.75, 3.05) is 12.5 Å². The first-order chi connectivity index (χ1) is 14.0. The van der Waals surface area contributed by atoms with Gasteiger partial charge in [-0.25, -0.2) is 9.47 Å². The van der Waals surface area contributed by atoms with Gasteiger partial charge in [0.2, 0.25) is 0 Å². The van der Waals surface area contributed by atoms with Crippen LogP contribution in [-0.4, -0.2) is 22.9 Å². The lowest BCUT2D eigenvalue weighted by molar-refractivity contribution is -0.384. The fourth-order valence-electron chi connectivity index (χ4n) is 3.25. The van der Waals surface area contributed by atoms with Gasteiger partial charge in [-0.2, -0.15) is 0 Å². The first-order valence-corrected chi connectivity index (χ1v) is 8.62. The van der Waals surface area contributed by atoms with E-state index in [0.717, 1.165) is 5.56 Å². The molecule has 1 aliphatic heterocycles. The highest BCUT2D eigenvalue weighted by atomic mass is 16.7. The Balaban J connectivity index is 2.01. The van der Waals surface area contributed by atoms with Crippen molar-refractivity contribution < 1.29 is 19.2 Å². The molecule has 0 amide bonds. The Kier molecular flexibility index (Phi) is 4.47. The van der Waals surface area contributed by atoms with E-state index in [9.17, 15) is 19.7 Å². The summed E-state index contributed by atoms with van der Waals surface area (Å²) in [6.45, 7) is 0.274. The molecule has 146 valence electrons. The van der Waals surface area contributed by atoms with Crippen LogP contribution >= 0.6 is 0 Å². The summed E-state index contributed by atoms with van der Waals surface area (Å²) < 4.78 is 11.1. The zero-order valence-electron chi connectivity index (χ0n) is 15.2. The number of carbonyl (C=O) groups excluding carboxylic acids is 1. The van der Waals surface area contributed by atoms with Crippen molar-refractivity contribution in [2.24, 2.45) is 0 Å². The number of non-ortho nitro benzene ring substituents is 1. The van der Waals surface area contributed by atoms with Gasteiger partial charge >= 0.3 is 6.16 Å². The number of nitrogens with zero attached hydrogens (tertiary/aromatic N) is 2. The first kappa shape index (κ1) is 18.2. The molecule has 0 saturated carbocycles. The van der Waals surface area contributed by atoms with Crippen LogP contribution in [0, 0.1) is 10.1 Å². The summed E-state index contributed by atoms with van der Waals surface area (Å²) in [5.74, 6) is 0.0456. The fourth-order valence-corrected chi connectivity index (χ4v) is 3.25. The van der Waals surface area contributed by atoms with E-state index in [4.69, 9.17) is 4.74 Å². The van der Waals surface area contributed by atoms with Gasteiger partial charge in [0.05, 0.1) is 24.1 Å². The molecule has 2 aromatic carbocycles. The minimum absolute atomic E-state index is 0.0456. The monoisotopic (exact) mass is 393 g/mol. The maximum absolute atomic E-state index is 13.1. The molecule has 0 fully saturated rings. The molecule has 1 N–H and O–H groups in total. The Morgan fingerprint density at radius 3 is 2.59 bits per heavy atom. The highest BCUT2D eigenvalue weighted by Crippen LogP contribution is 2.38. The zero-order valence-corrected chi connectivity index (χ0v) is 15.2. The Morgan fingerprint density at radius 1 is 1.14 bits per heavy atom. The number of fused-ring (bicyclic) bond motifs is 3. The minimum atomic E-state index is -0.969. The molecule has 9 nitrogen and oxygen atoms in total. The molecular formula is C20H15N3O6. The number of hydrogen-bond acceptors (Lipinski definition) is 7. The Morgan fingerprint density at radius 2 is 1.90 bits per heavy atom. The number of hydrogen-bond donors (Lipinski definition) is 1. The molecule has 9 heteroatoms. The lowest BCUT2D eigenvalue weighted by atomic mass is 9.98. The van der Waals surface area contributed by atoms with Crippen LogP contribution in [-0.2, 0) is 11.3 Å². The van der Waals surface area contributed by atoms with Gasteiger partial charge in [-0.15, -0.1) is 0 Å². The predicted octanol–water partition coefficient (Wildman–Crippen LogP) is 3.29. The number of rotatable bonds is 3. The summed E-state index contributed by atoms with van der Waals surface area (Å²) >= 11 is 0. The van der Waals surface area contributed by atoms with Crippen molar-refractivity contribution in [2.45, 2.75) is 6.54 Å². The summed E-state index contributed by atoms with van der Waals surface area (Å²) in [7, 11) is 1.17. The predicted molar refractivity (Wildman–Crippen MR) is 104 cm³/mol. The molecule has 0 aliphatic carbocycles. The van der Waals surface area contributed by atoms with Gasteiger partial charge < -0.3 is 14.9 Å². The number of nitro groups is 1.